The molecule has 1 saturated heterocycles. The molecule has 2 spiro atoms. The number of aliphatic hydroxyl groups is 2. The number of ether oxygens (including phenoxy) is 1. The maximum absolute atomic E-state index is 10.9. The van der Waals surface area contributed by atoms with Gasteiger partial charge in [-0.2, -0.15) is 0 Å². The van der Waals surface area contributed by atoms with Gasteiger partial charge < -0.3 is 20.1 Å². The lowest BCUT2D eigenvalue weighted by atomic mass is 9.81. The number of hydrogen-bond donors (Lipinski definition) is 3. The summed E-state index contributed by atoms with van der Waals surface area (Å²) in [6, 6.07) is 0. The minimum Gasteiger partial charge on any atom is -0.479 e. The zero-order valence-electron chi connectivity index (χ0n) is 8.22. The van der Waals surface area contributed by atoms with Crippen molar-refractivity contribution in [2.24, 2.45) is 5.41 Å². The van der Waals surface area contributed by atoms with Gasteiger partial charge in [-0.05, 0) is 25.7 Å². The van der Waals surface area contributed by atoms with Crippen molar-refractivity contribution in [1.82, 2.24) is 0 Å². The van der Waals surface area contributed by atoms with Crippen molar-refractivity contribution in [1.29, 1.82) is 0 Å². The Morgan fingerprint density at radius 2 is 1.80 bits per heavy atom. The first-order valence-corrected chi connectivity index (χ1v) is 5.29. The fourth-order valence-corrected chi connectivity index (χ4v) is 2.78. The maximum Gasteiger partial charge on any atom is 0.335 e. The SMILES string of the molecule is O=C(O)C1OC2(CC2)[C@@H](O)C2(CC2)[C@H]1O. The quantitative estimate of drug-likeness (QED) is 0.548. The highest BCUT2D eigenvalue weighted by Crippen LogP contribution is 2.64. The summed E-state index contributed by atoms with van der Waals surface area (Å²) in [6.45, 7) is 0. The lowest BCUT2D eigenvalue weighted by Gasteiger charge is -2.42. The second-order valence-corrected chi connectivity index (χ2v) is 5.02. The van der Waals surface area contributed by atoms with Gasteiger partial charge in [0.15, 0.2) is 6.10 Å². The molecule has 1 heterocycles. The predicted octanol–water partition coefficient (Wildman–Crippen LogP) is -0.496. The van der Waals surface area contributed by atoms with Crippen LogP contribution in [0.25, 0.3) is 0 Å². The molecular weight excluding hydrogens is 200 g/mol. The molecule has 3 aliphatic rings. The number of aliphatic carboxylic acids is 1. The van der Waals surface area contributed by atoms with Crippen LogP contribution in [-0.4, -0.2) is 45.2 Å². The van der Waals surface area contributed by atoms with Gasteiger partial charge in [-0.25, -0.2) is 4.79 Å². The topological polar surface area (TPSA) is 87.0 Å². The van der Waals surface area contributed by atoms with Gasteiger partial charge in [0.25, 0.3) is 0 Å². The molecule has 0 aromatic rings. The van der Waals surface area contributed by atoms with E-state index in [1.54, 1.807) is 0 Å². The predicted molar refractivity (Wildman–Crippen MR) is 48.2 cm³/mol. The molecule has 1 aliphatic heterocycles. The van der Waals surface area contributed by atoms with E-state index in [0.29, 0.717) is 25.7 Å². The third kappa shape index (κ3) is 1.06. The molecule has 84 valence electrons. The van der Waals surface area contributed by atoms with Gasteiger partial charge in [-0.15, -0.1) is 0 Å². The first-order chi connectivity index (χ1) is 7.02. The van der Waals surface area contributed by atoms with E-state index in [1.165, 1.54) is 0 Å². The van der Waals surface area contributed by atoms with E-state index in [-0.39, 0.29) is 0 Å². The molecule has 15 heavy (non-hydrogen) atoms. The molecule has 0 aromatic carbocycles. The second kappa shape index (κ2) is 2.53. The van der Waals surface area contributed by atoms with Gasteiger partial charge in [0.05, 0.1) is 17.8 Å². The Morgan fingerprint density at radius 3 is 2.20 bits per heavy atom. The van der Waals surface area contributed by atoms with E-state index in [1.807, 2.05) is 0 Å². The van der Waals surface area contributed by atoms with Crippen molar-refractivity contribution < 1.29 is 24.9 Å². The molecule has 1 unspecified atom stereocenters. The molecule has 0 amide bonds. The van der Waals surface area contributed by atoms with Crippen LogP contribution in [0.1, 0.15) is 25.7 Å². The standard InChI is InChI=1S/C10H14O5/c11-6-5(7(12)13)15-10(3-4-10)8(14)9(6)1-2-9/h5-6,8,11,14H,1-4H2,(H,12,13)/t5?,6-,8-/m0/s1. The summed E-state index contributed by atoms with van der Waals surface area (Å²) < 4.78 is 5.35. The minimum atomic E-state index is -1.17. The van der Waals surface area contributed by atoms with E-state index in [2.05, 4.69) is 0 Å². The Kier molecular flexibility index (Phi) is 1.62. The highest BCUT2D eigenvalue weighted by Gasteiger charge is 2.72. The van der Waals surface area contributed by atoms with Crippen LogP contribution in [-0.2, 0) is 9.53 Å². The van der Waals surface area contributed by atoms with Crippen LogP contribution in [0.4, 0.5) is 0 Å². The van der Waals surface area contributed by atoms with Crippen LogP contribution >= 0.6 is 0 Å². The number of carbonyl (C=O) groups is 1. The number of hydrogen-bond acceptors (Lipinski definition) is 4. The van der Waals surface area contributed by atoms with Gasteiger partial charge in [0.2, 0.25) is 0 Å². The smallest absolute Gasteiger partial charge is 0.335 e. The molecule has 3 fully saturated rings. The van der Waals surface area contributed by atoms with Gasteiger partial charge in [-0.1, -0.05) is 0 Å². The summed E-state index contributed by atoms with van der Waals surface area (Å²) in [4.78, 5) is 10.9. The molecule has 2 saturated carbocycles. The van der Waals surface area contributed by atoms with Gasteiger partial charge >= 0.3 is 5.97 Å². The van der Waals surface area contributed by atoms with E-state index in [4.69, 9.17) is 9.84 Å². The molecule has 3 rings (SSSR count). The normalized spacial score (nSPS) is 44.3. The first-order valence-electron chi connectivity index (χ1n) is 5.29. The largest absolute Gasteiger partial charge is 0.479 e. The van der Waals surface area contributed by atoms with E-state index in [0.717, 1.165) is 0 Å². The number of carboxylic acid groups (broad SMARTS) is 1. The molecule has 0 radical (unpaired) electrons. The van der Waals surface area contributed by atoms with Crippen molar-refractivity contribution in [3.63, 3.8) is 0 Å². The highest BCUT2D eigenvalue weighted by atomic mass is 16.6. The Hall–Kier alpha value is -0.650. The molecule has 3 N–H and O–H groups in total. The fourth-order valence-electron chi connectivity index (χ4n) is 2.78. The van der Waals surface area contributed by atoms with E-state index >= 15 is 0 Å². The Bertz CT molecular complexity index is 318. The average Bonchev–Trinajstić information content (AvgIpc) is 3.06. The molecule has 5 nitrogen and oxygen atoms in total. The maximum atomic E-state index is 10.9. The summed E-state index contributed by atoms with van der Waals surface area (Å²) in [7, 11) is 0. The summed E-state index contributed by atoms with van der Waals surface area (Å²) in [5.41, 5.74) is -1.27. The van der Waals surface area contributed by atoms with Crippen molar-refractivity contribution in [2.45, 2.75) is 49.6 Å². The molecule has 5 heteroatoms. The lowest BCUT2D eigenvalue weighted by molar-refractivity contribution is -0.228. The highest BCUT2D eigenvalue weighted by molar-refractivity contribution is 5.74. The van der Waals surface area contributed by atoms with Crippen LogP contribution in [0, 0.1) is 5.41 Å². The van der Waals surface area contributed by atoms with Crippen molar-refractivity contribution in [2.75, 3.05) is 0 Å². The van der Waals surface area contributed by atoms with Crippen LogP contribution in [0.2, 0.25) is 0 Å². The van der Waals surface area contributed by atoms with Crippen LogP contribution in [0.5, 0.6) is 0 Å². The molecular formula is C10H14O5. The van der Waals surface area contributed by atoms with Gasteiger partial charge in [-0.3, -0.25) is 0 Å². The number of carboxylic acids is 1. The van der Waals surface area contributed by atoms with Crippen LogP contribution < -0.4 is 0 Å². The zero-order valence-corrected chi connectivity index (χ0v) is 8.22. The lowest BCUT2D eigenvalue weighted by Crippen LogP contribution is -2.59. The molecule has 0 aromatic heterocycles. The van der Waals surface area contributed by atoms with Crippen molar-refractivity contribution in [3.8, 4) is 0 Å². The fraction of sp³-hybridized carbons (Fsp3) is 0.900. The van der Waals surface area contributed by atoms with Gasteiger partial charge in [0, 0.05) is 5.41 Å². The van der Waals surface area contributed by atoms with Crippen LogP contribution in [0.3, 0.4) is 0 Å². The summed E-state index contributed by atoms with van der Waals surface area (Å²) >= 11 is 0. The zero-order chi connectivity index (χ0) is 10.8. The van der Waals surface area contributed by atoms with Crippen molar-refractivity contribution in [3.05, 3.63) is 0 Å². The Balaban J connectivity index is 1.94. The Morgan fingerprint density at radius 1 is 1.20 bits per heavy atom. The summed E-state index contributed by atoms with van der Waals surface area (Å²) in [5.74, 6) is -1.13. The minimum absolute atomic E-state index is 0.599. The Labute approximate surface area is 86.7 Å². The van der Waals surface area contributed by atoms with Crippen molar-refractivity contribution >= 4 is 5.97 Å². The number of rotatable bonds is 1. The molecule has 3 atom stereocenters. The number of aliphatic hydroxyl groups excluding tert-OH is 2. The monoisotopic (exact) mass is 214 g/mol. The third-order valence-electron chi connectivity index (χ3n) is 4.09. The average molecular weight is 214 g/mol. The summed E-state index contributed by atoms with van der Waals surface area (Å²) in [5, 5.41) is 28.9. The second-order valence-electron chi connectivity index (χ2n) is 5.02. The first kappa shape index (κ1) is 9.57. The molecule has 0 bridgehead atoms. The van der Waals surface area contributed by atoms with Gasteiger partial charge in [0.1, 0.15) is 0 Å². The third-order valence-corrected chi connectivity index (χ3v) is 4.09. The van der Waals surface area contributed by atoms with Crippen LogP contribution in [0.15, 0.2) is 0 Å². The van der Waals surface area contributed by atoms with E-state index in [9.17, 15) is 15.0 Å². The molecule has 2 aliphatic carbocycles. The summed E-state index contributed by atoms with van der Waals surface area (Å²) in [6.07, 6.45) is -0.141. The van der Waals surface area contributed by atoms with E-state index < -0.39 is 35.3 Å².